The monoisotopic (exact) mass is 456 g/mol. The molecule has 2 aromatic carbocycles. The molecule has 0 saturated carbocycles. The summed E-state index contributed by atoms with van der Waals surface area (Å²) in [6.07, 6.45) is 1.73. The van der Waals surface area contributed by atoms with Crippen LogP contribution in [0.15, 0.2) is 47.0 Å². The molecule has 0 saturated heterocycles. The Hall–Kier alpha value is -4.22. The minimum atomic E-state index is -0.229. The first-order chi connectivity index (χ1) is 16.3. The number of carbonyl (C=O) groups is 2. The highest BCUT2D eigenvalue weighted by Gasteiger charge is 2.19. The van der Waals surface area contributed by atoms with E-state index in [-0.39, 0.29) is 23.7 Å². The predicted molar refractivity (Wildman–Crippen MR) is 128 cm³/mol. The Balaban J connectivity index is 1.75. The number of fused-ring (bicyclic) bond motifs is 2. The zero-order valence-corrected chi connectivity index (χ0v) is 19.4. The van der Waals surface area contributed by atoms with Gasteiger partial charge in [0.05, 0.1) is 17.6 Å². The van der Waals surface area contributed by atoms with Crippen LogP contribution in [0.4, 0.5) is 0 Å². The van der Waals surface area contributed by atoms with E-state index in [2.05, 4.69) is 16.4 Å². The number of Topliss-reactive ketones (excluding diaryl/α,β-unsaturated/α-hetero) is 1. The molecule has 0 aliphatic carbocycles. The number of furan rings is 1. The van der Waals surface area contributed by atoms with Gasteiger partial charge < -0.3 is 19.4 Å². The summed E-state index contributed by atoms with van der Waals surface area (Å²) in [6, 6.07) is 12.8. The number of hydrogen-bond donors (Lipinski definition) is 1. The first kappa shape index (κ1) is 23.0. The van der Waals surface area contributed by atoms with Gasteiger partial charge in [-0.05, 0) is 50.8 Å². The van der Waals surface area contributed by atoms with Gasteiger partial charge in [0.15, 0.2) is 11.5 Å². The number of ether oxygens (including phenoxy) is 1. The molecule has 8 heteroatoms. The zero-order valence-electron chi connectivity index (χ0n) is 19.4. The van der Waals surface area contributed by atoms with Crippen molar-refractivity contribution in [2.45, 2.75) is 13.3 Å². The average Bonchev–Trinajstić information content (AvgIpc) is 3.13. The number of carbonyl (C=O) groups excluding carboxylic acids is 2. The molecule has 0 spiro atoms. The summed E-state index contributed by atoms with van der Waals surface area (Å²) in [5, 5.41) is 13.6. The summed E-state index contributed by atoms with van der Waals surface area (Å²) in [4.78, 5) is 30.7. The number of benzene rings is 2. The Kier molecular flexibility index (Phi) is 6.30. The van der Waals surface area contributed by atoms with E-state index in [1.807, 2.05) is 37.2 Å². The Morgan fingerprint density at radius 3 is 2.68 bits per heavy atom. The van der Waals surface area contributed by atoms with Crippen molar-refractivity contribution < 1.29 is 18.7 Å². The predicted octanol–water partition coefficient (Wildman–Crippen LogP) is 3.99. The van der Waals surface area contributed by atoms with E-state index in [0.29, 0.717) is 51.2 Å². The lowest BCUT2D eigenvalue weighted by molar-refractivity contribution is -0.119. The number of pyridine rings is 1. The highest BCUT2D eigenvalue weighted by atomic mass is 16.5. The van der Waals surface area contributed by atoms with E-state index in [0.717, 1.165) is 5.56 Å². The van der Waals surface area contributed by atoms with Crippen LogP contribution in [-0.2, 0) is 11.2 Å². The number of amides is 1. The highest BCUT2D eigenvalue weighted by Crippen LogP contribution is 2.35. The molecule has 0 fully saturated rings. The first-order valence-corrected chi connectivity index (χ1v) is 10.7. The first-order valence-electron chi connectivity index (χ1n) is 10.7. The van der Waals surface area contributed by atoms with Crippen LogP contribution < -0.4 is 10.1 Å². The second-order valence-electron chi connectivity index (χ2n) is 8.29. The summed E-state index contributed by atoms with van der Waals surface area (Å²) in [5.74, 6) is 1.16. The van der Waals surface area contributed by atoms with Crippen molar-refractivity contribution in [1.29, 1.82) is 5.26 Å². The molecule has 0 bridgehead atoms. The van der Waals surface area contributed by atoms with Crippen LogP contribution in [-0.4, -0.2) is 49.3 Å². The van der Waals surface area contributed by atoms with E-state index >= 15 is 0 Å². The maximum Gasteiger partial charge on any atom is 0.255 e. The third-order valence-corrected chi connectivity index (χ3v) is 5.41. The molecule has 1 N–H and O–H groups in total. The Morgan fingerprint density at radius 2 is 1.97 bits per heavy atom. The van der Waals surface area contributed by atoms with Crippen molar-refractivity contribution in [2.75, 3.05) is 27.7 Å². The molecule has 1 amide bonds. The van der Waals surface area contributed by atoms with Crippen molar-refractivity contribution in [2.24, 2.45) is 0 Å². The van der Waals surface area contributed by atoms with E-state index in [9.17, 15) is 14.9 Å². The van der Waals surface area contributed by atoms with Crippen LogP contribution in [0.2, 0.25) is 0 Å². The van der Waals surface area contributed by atoms with E-state index in [1.54, 1.807) is 32.2 Å². The van der Waals surface area contributed by atoms with Crippen molar-refractivity contribution in [3.8, 4) is 17.6 Å². The lowest BCUT2D eigenvalue weighted by atomic mass is 10.0. The van der Waals surface area contributed by atoms with E-state index in [4.69, 9.17) is 9.15 Å². The zero-order chi connectivity index (χ0) is 24.4. The van der Waals surface area contributed by atoms with Crippen molar-refractivity contribution in [1.82, 2.24) is 15.2 Å². The number of aromatic nitrogens is 1. The third-order valence-electron chi connectivity index (χ3n) is 5.41. The number of rotatable bonds is 7. The molecule has 34 heavy (non-hydrogen) atoms. The van der Waals surface area contributed by atoms with E-state index in [1.165, 1.54) is 6.20 Å². The number of hydrogen-bond acceptors (Lipinski definition) is 7. The van der Waals surface area contributed by atoms with Crippen molar-refractivity contribution >= 4 is 33.6 Å². The number of aryl methyl sites for hydroxylation is 1. The van der Waals surface area contributed by atoms with Gasteiger partial charge in [-0.2, -0.15) is 5.26 Å². The average molecular weight is 457 g/mol. The lowest BCUT2D eigenvalue weighted by Gasteiger charge is -2.12. The molecule has 2 aromatic heterocycles. The second-order valence-corrected chi connectivity index (χ2v) is 8.29. The van der Waals surface area contributed by atoms with Gasteiger partial charge in [-0.3, -0.25) is 14.6 Å². The Morgan fingerprint density at radius 1 is 1.18 bits per heavy atom. The number of ketones is 1. The van der Waals surface area contributed by atoms with Gasteiger partial charge in [0.2, 0.25) is 0 Å². The fourth-order valence-electron chi connectivity index (χ4n) is 3.94. The molecular weight excluding hydrogens is 432 g/mol. The van der Waals surface area contributed by atoms with Crippen molar-refractivity contribution in [3.05, 3.63) is 65.0 Å². The minimum absolute atomic E-state index is 0.0850. The van der Waals surface area contributed by atoms with Crippen LogP contribution >= 0.6 is 0 Å². The van der Waals surface area contributed by atoms with Gasteiger partial charge in [-0.25, -0.2) is 0 Å². The molecule has 172 valence electrons. The number of nitriles is 1. The summed E-state index contributed by atoms with van der Waals surface area (Å²) >= 11 is 0. The van der Waals surface area contributed by atoms with Gasteiger partial charge in [-0.1, -0.05) is 6.07 Å². The molecule has 0 atom stereocenters. The molecule has 0 aliphatic heterocycles. The van der Waals surface area contributed by atoms with Gasteiger partial charge in [-0.15, -0.1) is 0 Å². The third kappa shape index (κ3) is 4.47. The standard InChI is InChI=1S/C26H24N4O4/c1-15-24(26(32)28-2)20-7-6-19(11-23(20)33-15)34-25-17(12-27)13-29-22-8-5-16(10-21(22)25)9-18(31)14-30(3)4/h5-8,10-11,13H,9,14H2,1-4H3,(H,28,32). The fourth-order valence-corrected chi connectivity index (χ4v) is 3.94. The van der Waals surface area contributed by atoms with Gasteiger partial charge >= 0.3 is 0 Å². The minimum Gasteiger partial charge on any atom is -0.460 e. The van der Waals surface area contributed by atoms with Crippen LogP contribution in [0.1, 0.15) is 27.2 Å². The van der Waals surface area contributed by atoms with Crippen LogP contribution in [0, 0.1) is 18.3 Å². The molecule has 4 rings (SSSR count). The van der Waals surface area contributed by atoms with Gasteiger partial charge in [0, 0.05) is 36.5 Å². The summed E-state index contributed by atoms with van der Waals surface area (Å²) in [6.45, 7) is 2.08. The van der Waals surface area contributed by atoms with E-state index < -0.39 is 0 Å². The molecule has 2 heterocycles. The molecule has 0 unspecified atom stereocenters. The molecular formula is C26H24N4O4. The van der Waals surface area contributed by atoms with Crippen LogP contribution in [0.3, 0.4) is 0 Å². The normalized spacial score (nSPS) is 11.1. The molecule has 0 radical (unpaired) electrons. The number of nitrogens with one attached hydrogen (secondary N) is 1. The SMILES string of the molecule is CNC(=O)c1c(C)oc2cc(Oc3c(C#N)cnc4ccc(CC(=O)CN(C)C)cc34)ccc12. The van der Waals surface area contributed by atoms with Crippen molar-refractivity contribution in [3.63, 3.8) is 0 Å². The van der Waals surface area contributed by atoms with Crippen LogP contribution in [0.25, 0.3) is 21.9 Å². The highest BCUT2D eigenvalue weighted by molar-refractivity contribution is 6.07. The smallest absolute Gasteiger partial charge is 0.255 e. The maximum atomic E-state index is 12.3. The summed E-state index contributed by atoms with van der Waals surface area (Å²) in [5.41, 5.74) is 2.71. The largest absolute Gasteiger partial charge is 0.460 e. The van der Waals surface area contributed by atoms with Gasteiger partial charge in [0.1, 0.15) is 28.7 Å². The van der Waals surface area contributed by atoms with Gasteiger partial charge in [0.25, 0.3) is 5.91 Å². The molecule has 0 aliphatic rings. The topological polar surface area (TPSA) is 108 Å². The fraction of sp³-hybridized carbons (Fsp3) is 0.231. The quantitative estimate of drug-likeness (QED) is 0.448. The molecule has 8 nitrogen and oxygen atoms in total. The Bertz CT molecular complexity index is 1460. The second kappa shape index (κ2) is 9.33. The summed E-state index contributed by atoms with van der Waals surface area (Å²) < 4.78 is 11.9. The number of nitrogens with zero attached hydrogens (tertiary/aromatic N) is 3. The number of likely N-dealkylation sites (N-methyl/N-ethyl adjacent to an activating group) is 1. The maximum absolute atomic E-state index is 12.3. The van der Waals surface area contributed by atoms with Crippen LogP contribution in [0.5, 0.6) is 11.5 Å². The Labute approximate surface area is 196 Å². The summed E-state index contributed by atoms with van der Waals surface area (Å²) in [7, 11) is 5.27. The lowest BCUT2D eigenvalue weighted by Crippen LogP contribution is -2.22. The molecule has 4 aromatic rings.